The Labute approximate surface area is 169 Å². The molecule has 3 unspecified atom stereocenters. The van der Waals surface area contributed by atoms with Gasteiger partial charge in [0.1, 0.15) is 0 Å². The molecule has 27 heavy (non-hydrogen) atoms. The molecule has 2 aliphatic rings. The molecule has 2 nitrogen and oxygen atoms in total. The first kappa shape index (κ1) is 17.3. The van der Waals surface area contributed by atoms with E-state index in [9.17, 15) is 0 Å². The quantitative estimate of drug-likeness (QED) is 0.519. The van der Waals surface area contributed by atoms with Crippen molar-refractivity contribution >= 4 is 32.4 Å². The molecule has 2 N–H and O–H groups in total. The second kappa shape index (κ2) is 6.96. The maximum atomic E-state index is 3.80. The summed E-state index contributed by atoms with van der Waals surface area (Å²) in [6.45, 7) is 3.36. The van der Waals surface area contributed by atoms with Crippen molar-refractivity contribution in [1.29, 1.82) is 0 Å². The van der Waals surface area contributed by atoms with Crippen molar-refractivity contribution in [2.45, 2.75) is 38.1 Å². The summed E-state index contributed by atoms with van der Waals surface area (Å²) in [6, 6.07) is 18.1. The highest BCUT2D eigenvalue weighted by atomic mass is 79.9. The molecule has 0 fully saturated rings. The Morgan fingerprint density at radius 1 is 1.04 bits per heavy atom. The van der Waals surface area contributed by atoms with Crippen LogP contribution in [-0.2, 0) is 6.42 Å². The number of fused-ring (bicyclic) bond motifs is 3. The Bertz CT molecular complexity index is 1000. The summed E-state index contributed by atoms with van der Waals surface area (Å²) in [4.78, 5) is 3.70. The first-order valence-electron chi connectivity index (χ1n) is 9.97. The lowest BCUT2D eigenvalue weighted by Crippen LogP contribution is -2.41. The second-order valence-corrected chi connectivity index (χ2v) is 9.04. The Balaban J connectivity index is 1.43. The van der Waals surface area contributed by atoms with Crippen LogP contribution in [0.2, 0.25) is 0 Å². The lowest BCUT2D eigenvalue weighted by atomic mass is 9.74. The van der Waals surface area contributed by atoms with Gasteiger partial charge in [-0.25, -0.2) is 0 Å². The van der Waals surface area contributed by atoms with Crippen LogP contribution in [0.1, 0.15) is 42.5 Å². The SMILES string of the molecule is CC1CC(C2CC(c3ccccc3)=CCN2)Cc2c1[nH]c1cc(Br)ccc21. The molecule has 1 aliphatic carbocycles. The summed E-state index contributed by atoms with van der Waals surface area (Å²) < 4.78 is 1.14. The van der Waals surface area contributed by atoms with Gasteiger partial charge in [-0.3, -0.25) is 0 Å². The first-order valence-corrected chi connectivity index (χ1v) is 10.8. The minimum absolute atomic E-state index is 0.557. The van der Waals surface area contributed by atoms with E-state index in [2.05, 4.69) is 87.8 Å². The molecule has 2 aromatic carbocycles. The normalized spacial score (nSPS) is 25.3. The number of aromatic nitrogens is 1. The van der Waals surface area contributed by atoms with Crippen LogP contribution in [0.15, 0.2) is 59.1 Å². The lowest BCUT2D eigenvalue weighted by molar-refractivity contribution is 0.306. The molecule has 5 rings (SSSR count). The highest BCUT2D eigenvalue weighted by molar-refractivity contribution is 9.10. The lowest BCUT2D eigenvalue weighted by Gasteiger charge is -2.36. The van der Waals surface area contributed by atoms with E-state index in [1.54, 1.807) is 5.56 Å². The van der Waals surface area contributed by atoms with E-state index in [0.29, 0.717) is 17.9 Å². The van der Waals surface area contributed by atoms with E-state index < -0.39 is 0 Å². The van der Waals surface area contributed by atoms with Crippen LogP contribution in [0.3, 0.4) is 0 Å². The van der Waals surface area contributed by atoms with E-state index in [4.69, 9.17) is 0 Å². The molecule has 0 spiro atoms. The number of benzene rings is 2. The van der Waals surface area contributed by atoms with Crippen LogP contribution in [0.4, 0.5) is 0 Å². The minimum atomic E-state index is 0.557. The Hall–Kier alpha value is -1.84. The van der Waals surface area contributed by atoms with Crippen molar-refractivity contribution in [2.24, 2.45) is 5.92 Å². The van der Waals surface area contributed by atoms with Gasteiger partial charge < -0.3 is 10.3 Å². The fourth-order valence-corrected chi connectivity index (χ4v) is 5.42. The third kappa shape index (κ3) is 3.17. The zero-order valence-corrected chi connectivity index (χ0v) is 17.2. The van der Waals surface area contributed by atoms with Gasteiger partial charge in [-0.2, -0.15) is 0 Å². The average Bonchev–Trinajstić information content (AvgIpc) is 3.07. The van der Waals surface area contributed by atoms with Gasteiger partial charge in [-0.1, -0.05) is 65.3 Å². The maximum Gasteiger partial charge on any atom is 0.0470 e. The molecule has 1 aliphatic heterocycles. The van der Waals surface area contributed by atoms with Crippen molar-refractivity contribution in [3.63, 3.8) is 0 Å². The van der Waals surface area contributed by atoms with E-state index in [-0.39, 0.29) is 0 Å². The van der Waals surface area contributed by atoms with Crippen LogP contribution >= 0.6 is 15.9 Å². The molecule has 1 aromatic heterocycles. The first-order chi connectivity index (χ1) is 13.2. The largest absolute Gasteiger partial charge is 0.358 e. The van der Waals surface area contributed by atoms with Crippen molar-refractivity contribution in [3.05, 3.63) is 75.9 Å². The molecule has 0 bridgehead atoms. The van der Waals surface area contributed by atoms with Gasteiger partial charge in [0.15, 0.2) is 0 Å². The van der Waals surface area contributed by atoms with Gasteiger partial charge in [0.25, 0.3) is 0 Å². The minimum Gasteiger partial charge on any atom is -0.358 e. The van der Waals surface area contributed by atoms with Gasteiger partial charge >= 0.3 is 0 Å². The second-order valence-electron chi connectivity index (χ2n) is 8.12. The van der Waals surface area contributed by atoms with Crippen LogP contribution in [0.5, 0.6) is 0 Å². The predicted molar refractivity (Wildman–Crippen MR) is 117 cm³/mol. The van der Waals surface area contributed by atoms with Gasteiger partial charge in [0.05, 0.1) is 0 Å². The van der Waals surface area contributed by atoms with Crippen LogP contribution in [-0.4, -0.2) is 17.6 Å². The number of H-pyrrole nitrogens is 1. The van der Waals surface area contributed by atoms with Crippen molar-refractivity contribution in [3.8, 4) is 0 Å². The van der Waals surface area contributed by atoms with E-state index in [0.717, 1.165) is 17.4 Å². The standard InChI is InChI=1S/C24H25BrN2/c1-15-11-18(12-21-20-8-7-19(25)14-23(20)27-24(15)21)22-13-17(9-10-26-22)16-5-3-2-4-6-16/h2-9,14-15,18,22,26-27H,10-13H2,1H3. The zero-order chi connectivity index (χ0) is 18.4. The number of aromatic amines is 1. The van der Waals surface area contributed by atoms with E-state index >= 15 is 0 Å². The van der Waals surface area contributed by atoms with Crippen LogP contribution in [0, 0.1) is 5.92 Å². The fourth-order valence-electron chi connectivity index (χ4n) is 5.06. The van der Waals surface area contributed by atoms with E-state index in [1.165, 1.54) is 40.6 Å². The van der Waals surface area contributed by atoms with Gasteiger partial charge in [-0.05, 0) is 59.9 Å². The van der Waals surface area contributed by atoms with E-state index in [1.807, 2.05) is 0 Å². The molecule has 0 radical (unpaired) electrons. The number of nitrogens with one attached hydrogen (secondary N) is 2. The molecule has 138 valence electrons. The molecule has 0 saturated carbocycles. The molecule has 0 amide bonds. The molecule has 0 saturated heterocycles. The number of rotatable bonds is 2. The summed E-state index contributed by atoms with van der Waals surface area (Å²) in [5.41, 5.74) is 7.14. The highest BCUT2D eigenvalue weighted by Crippen LogP contribution is 2.41. The Kier molecular flexibility index (Phi) is 4.45. The smallest absolute Gasteiger partial charge is 0.0470 e. The fraction of sp³-hybridized carbons (Fsp3) is 0.333. The molecular weight excluding hydrogens is 396 g/mol. The van der Waals surface area contributed by atoms with Crippen molar-refractivity contribution < 1.29 is 0 Å². The summed E-state index contributed by atoms with van der Waals surface area (Å²) in [6.07, 6.45) is 5.92. The molecular formula is C24H25BrN2. The van der Waals surface area contributed by atoms with Gasteiger partial charge in [0, 0.05) is 33.7 Å². The van der Waals surface area contributed by atoms with Gasteiger partial charge in [0.2, 0.25) is 0 Å². The van der Waals surface area contributed by atoms with Gasteiger partial charge in [-0.15, -0.1) is 0 Å². The average molecular weight is 421 g/mol. The monoisotopic (exact) mass is 420 g/mol. The number of hydrogen-bond donors (Lipinski definition) is 2. The summed E-state index contributed by atoms with van der Waals surface area (Å²) in [7, 11) is 0. The van der Waals surface area contributed by atoms with Crippen molar-refractivity contribution in [1.82, 2.24) is 10.3 Å². The maximum absolute atomic E-state index is 3.80. The van der Waals surface area contributed by atoms with Crippen molar-refractivity contribution in [2.75, 3.05) is 6.54 Å². The Morgan fingerprint density at radius 2 is 1.89 bits per heavy atom. The number of halogens is 1. The highest BCUT2D eigenvalue weighted by Gasteiger charge is 2.33. The zero-order valence-electron chi connectivity index (χ0n) is 15.6. The molecule has 3 aromatic rings. The summed E-state index contributed by atoms with van der Waals surface area (Å²) in [5, 5.41) is 5.20. The predicted octanol–water partition coefficient (Wildman–Crippen LogP) is 6.04. The number of hydrogen-bond acceptors (Lipinski definition) is 1. The topological polar surface area (TPSA) is 27.8 Å². The molecule has 3 atom stereocenters. The third-order valence-electron chi connectivity index (χ3n) is 6.40. The van der Waals surface area contributed by atoms with Crippen LogP contribution in [0.25, 0.3) is 16.5 Å². The van der Waals surface area contributed by atoms with Crippen LogP contribution < -0.4 is 5.32 Å². The molecule has 3 heteroatoms. The Morgan fingerprint density at radius 3 is 2.74 bits per heavy atom. The summed E-state index contributed by atoms with van der Waals surface area (Å²) >= 11 is 3.61. The third-order valence-corrected chi connectivity index (χ3v) is 6.89. The summed E-state index contributed by atoms with van der Waals surface area (Å²) in [5.74, 6) is 1.26. The molecule has 2 heterocycles.